The van der Waals surface area contributed by atoms with Gasteiger partial charge in [-0.05, 0) is 31.4 Å². The first-order valence-electron chi connectivity index (χ1n) is 7.22. The van der Waals surface area contributed by atoms with E-state index in [1.807, 2.05) is 0 Å². The van der Waals surface area contributed by atoms with E-state index in [4.69, 9.17) is 0 Å². The Labute approximate surface area is 111 Å². The number of carboxylic acid groups (broad SMARTS) is 1. The first-order chi connectivity index (χ1) is 8.73. The molecule has 0 amide bonds. The van der Waals surface area contributed by atoms with Crippen LogP contribution >= 0.6 is 10.2 Å². The van der Waals surface area contributed by atoms with Gasteiger partial charge < -0.3 is 5.11 Å². The average molecular weight is 274 g/mol. The van der Waals surface area contributed by atoms with Crippen molar-refractivity contribution in [2.45, 2.75) is 56.6 Å². The van der Waals surface area contributed by atoms with Gasteiger partial charge in [-0.25, -0.2) is 10.3 Å². The molecule has 3 N–H and O–H groups in total. The van der Waals surface area contributed by atoms with Gasteiger partial charge in [-0.2, -0.15) is 10.2 Å². The van der Waals surface area contributed by atoms with Crippen LogP contribution in [-0.2, 0) is 4.79 Å². The largest absolute Gasteiger partial charge is 0.481 e. The topological polar surface area (TPSA) is 61.4 Å². The van der Waals surface area contributed by atoms with Crippen molar-refractivity contribution in [2.75, 3.05) is 18.1 Å². The number of hydrogen-bond donors (Lipinski definition) is 3. The lowest BCUT2D eigenvalue weighted by atomic mass is 10.2. The Hall–Kier alpha value is -0.260. The fraction of sp³-hybridized carbons (Fsp3) is 0.923. The maximum Gasteiger partial charge on any atom is 0.313 e. The van der Waals surface area contributed by atoms with E-state index >= 15 is 0 Å². The van der Waals surface area contributed by atoms with E-state index in [0.717, 1.165) is 18.7 Å². The van der Waals surface area contributed by atoms with E-state index in [1.54, 1.807) is 0 Å². The Bertz CT molecular complexity index is 270. The summed E-state index contributed by atoms with van der Waals surface area (Å²) in [5, 5.41) is 9.88. The molecule has 1 atom stereocenters. The molecule has 1 heterocycles. The molecule has 1 aliphatic carbocycles. The highest BCUT2D eigenvalue weighted by atomic mass is 32.3. The van der Waals surface area contributed by atoms with Crippen LogP contribution in [0.4, 0.5) is 0 Å². The molecule has 5 heteroatoms. The molecule has 1 aliphatic heterocycles. The molecule has 1 unspecified atom stereocenters. The lowest BCUT2D eigenvalue weighted by Crippen LogP contribution is -2.42. The number of nitrogens with one attached hydrogen (secondary N) is 2. The highest BCUT2D eigenvalue weighted by molar-refractivity contribution is 8.33. The zero-order chi connectivity index (χ0) is 12.8. The molecule has 0 spiro atoms. The Morgan fingerprint density at radius 3 is 2.50 bits per heavy atom. The number of hydrogen-bond acceptors (Lipinski definition) is 3. The van der Waals surface area contributed by atoms with Crippen LogP contribution in [0.3, 0.4) is 0 Å². The van der Waals surface area contributed by atoms with Crippen LogP contribution in [0.1, 0.15) is 51.4 Å². The number of rotatable bonds is 3. The van der Waals surface area contributed by atoms with Crippen LogP contribution in [0.2, 0.25) is 0 Å². The lowest BCUT2D eigenvalue weighted by molar-refractivity contribution is -0.134. The van der Waals surface area contributed by atoms with Gasteiger partial charge in [-0.1, -0.05) is 25.7 Å². The van der Waals surface area contributed by atoms with Crippen molar-refractivity contribution < 1.29 is 9.90 Å². The summed E-state index contributed by atoms with van der Waals surface area (Å²) < 4.78 is 0. The molecular weight excluding hydrogens is 248 g/mol. The maximum absolute atomic E-state index is 11.3. The molecule has 0 bridgehead atoms. The highest BCUT2D eigenvalue weighted by Crippen LogP contribution is 2.53. The molecule has 18 heavy (non-hydrogen) atoms. The van der Waals surface area contributed by atoms with E-state index < -0.39 is 16.2 Å². The molecule has 2 rings (SSSR count). The van der Waals surface area contributed by atoms with Crippen molar-refractivity contribution in [3.8, 4) is 0 Å². The SMILES string of the molecule is O=C(O)CS1(C2CCCCCC2)CCCCNN1. The van der Waals surface area contributed by atoms with Gasteiger partial charge in [0.15, 0.2) is 0 Å². The minimum Gasteiger partial charge on any atom is -0.481 e. The third-order valence-electron chi connectivity index (χ3n) is 4.16. The van der Waals surface area contributed by atoms with E-state index in [-0.39, 0.29) is 0 Å². The van der Waals surface area contributed by atoms with Crippen molar-refractivity contribution in [3.63, 3.8) is 0 Å². The van der Waals surface area contributed by atoms with Crippen LogP contribution in [0.5, 0.6) is 0 Å². The predicted molar refractivity (Wildman–Crippen MR) is 76.8 cm³/mol. The van der Waals surface area contributed by atoms with Gasteiger partial charge in [0.05, 0.1) is 5.75 Å². The third kappa shape index (κ3) is 3.62. The Morgan fingerprint density at radius 2 is 1.83 bits per heavy atom. The van der Waals surface area contributed by atoms with Crippen LogP contribution in [0.15, 0.2) is 0 Å². The predicted octanol–water partition coefficient (Wildman–Crippen LogP) is 2.40. The van der Waals surface area contributed by atoms with E-state index in [2.05, 4.69) is 10.3 Å². The lowest BCUT2D eigenvalue weighted by Gasteiger charge is -2.45. The summed E-state index contributed by atoms with van der Waals surface area (Å²) in [5.74, 6) is 0.784. The van der Waals surface area contributed by atoms with Gasteiger partial charge in [0, 0.05) is 11.8 Å². The highest BCUT2D eigenvalue weighted by Gasteiger charge is 2.36. The van der Waals surface area contributed by atoms with Gasteiger partial charge >= 0.3 is 5.97 Å². The Morgan fingerprint density at radius 1 is 1.11 bits per heavy atom. The summed E-state index contributed by atoms with van der Waals surface area (Å²) in [7, 11) is -1.22. The summed E-state index contributed by atoms with van der Waals surface area (Å²) in [4.78, 5) is 14.7. The van der Waals surface area contributed by atoms with Crippen LogP contribution in [-0.4, -0.2) is 34.4 Å². The molecule has 1 saturated heterocycles. The number of hydrazine groups is 1. The quantitative estimate of drug-likeness (QED) is 0.692. The fourth-order valence-electron chi connectivity index (χ4n) is 3.21. The summed E-state index contributed by atoms with van der Waals surface area (Å²) in [6.45, 7) is 0.973. The van der Waals surface area contributed by atoms with E-state index in [1.165, 1.54) is 44.9 Å². The van der Waals surface area contributed by atoms with Crippen molar-refractivity contribution in [3.05, 3.63) is 0 Å². The van der Waals surface area contributed by atoms with Crippen LogP contribution in [0, 0.1) is 0 Å². The van der Waals surface area contributed by atoms with Crippen molar-refractivity contribution in [1.82, 2.24) is 10.3 Å². The first-order valence-corrected chi connectivity index (χ1v) is 9.25. The fourth-order valence-corrected chi connectivity index (χ4v) is 7.05. The van der Waals surface area contributed by atoms with Crippen molar-refractivity contribution in [1.29, 1.82) is 0 Å². The monoisotopic (exact) mass is 274 g/mol. The maximum atomic E-state index is 11.3. The summed E-state index contributed by atoms with van der Waals surface area (Å²) in [6, 6.07) is 0. The third-order valence-corrected chi connectivity index (χ3v) is 8.23. The van der Waals surface area contributed by atoms with Crippen molar-refractivity contribution in [2.24, 2.45) is 0 Å². The minimum absolute atomic E-state index is 0.338. The zero-order valence-corrected chi connectivity index (χ0v) is 11.9. The Balaban J connectivity index is 2.12. The summed E-state index contributed by atoms with van der Waals surface area (Å²) >= 11 is 0. The number of carboxylic acids is 1. The molecule has 0 aromatic carbocycles. The molecule has 0 radical (unpaired) electrons. The molecule has 0 aromatic rings. The normalized spacial score (nSPS) is 35.1. The number of aliphatic carboxylic acids is 1. The first kappa shape index (κ1) is 14.2. The van der Waals surface area contributed by atoms with E-state index in [0.29, 0.717) is 11.0 Å². The second-order valence-corrected chi connectivity index (χ2v) is 8.99. The van der Waals surface area contributed by atoms with Gasteiger partial charge in [0.25, 0.3) is 0 Å². The molecule has 2 aliphatic rings. The molecule has 2 fully saturated rings. The standard InChI is InChI=1S/C13H26N2O2S/c16-13(17)11-18(10-6-5-9-14-15-18)12-7-3-1-2-4-8-12/h12,14-15H,1-11H2,(H,16,17). The Kier molecular flexibility index (Phi) is 5.33. The van der Waals surface area contributed by atoms with Crippen LogP contribution < -0.4 is 10.3 Å². The zero-order valence-electron chi connectivity index (χ0n) is 11.1. The number of carbonyl (C=O) groups is 1. The summed E-state index contributed by atoms with van der Waals surface area (Å²) in [6.07, 6.45) is 9.97. The average Bonchev–Trinajstić information content (AvgIpc) is 2.70. The smallest absolute Gasteiger partial charge is 0.313 e. The second kappa shape index (κ2) is 6.78. The van der Waals surface area contributed by atoms with Crippen molar-refractivity contribution >= 4 is 16.2 Å². The molecular formula is C13H26N2O2S. The van der Waals surface area contributed by atoms with Gasteiger partial charge in [0.2, 0.25) is 0 Å². The van der Waals surface area contributed by atoms with E-state index in [9.17, 15) is 9.90 Å². The van der Waals surface area contributed by atoms with Gasteiger partial charge in [0.1, 0.15) is 0 Å². The second-order valence-electron chi connectivity index (χ2n) is 5.54. The molecule has 106 valence electrons. The minimum atomic E-state index is -1.22. The van der Waals surface area contributed by atoms with Gasteiger partial charge in [-0.3, -0.25) is 4.79 Å². The molecule has 4 nitrogen and oxygen atoms in total. The van der Waals surface area contributed by atoms with Gasteiger partial charge in [-0.15, -0.1) is 0 Å². The summed E-state index contributed by atoms with van der Waals surface area (Å²) in [5.41, 5.74) is 3.28. The molecule has 0 aromatic heterocycles. The van der Waals surface area contributed by atoms with Crippen LogP contribution in [0.25, 0.3) is 0 Å². The molecule has 1 saturated carbocycles.